The van der Waals surface area contributed by atoms with E-state index in [9.17, 15) is 9.50 Å². The molecular formula is C12H16BrFO. The molecule has 0 saturated carbocycles. The molecule has 0 aliphatic heterocycles. The van der Waals surface area contributed by atoms with Gasteiger partial charge in [0.1, 0.15) is 5.82 Å². The number of hydrogen-bond acceptors (Lipinski definition) is 1. The fraction of sp³-hybridized carbons (Fsp3) is 0.500. The van der Waals surface area contributed by atoms with Crippen molar-refractivity contribution < 1.29 is 9.50 Å². The second-order valence-electron chi connectivity index (χ2n) is 4.03. The maximum Gasteiger partial charge on any atom is 0.143 e. The first-order chi connectivity index (χ1) is 6.93. The molecule has 0 aliphatic rings. The van der Waals surface area contributed by atoms with Crippen LogP contribution < -0.4 is 0 Å². The molecule has 0 bridgehead atoms. The van der Waals surface area contributed by atoms with Gasteiger partial charge in [0.2, 0.25) is 0 Å². The van der Waals surface area contributed by atoms with E-state index in [0.29, 0.717) is 16.5 Å². The van der Waals surface area contributed by atoms with Crippen LogP contribution in [-0.4, -0.2) is 5.11 Å². The first-order valence-electron chi connectivity index (χ1n) is 5.10. The maximum absolute atomic E-state index is 13.8. The van der Waals surface area contributed by atoms with Crippen molar-refractivity contribution in [3.05, 3.63) is 34.1 Å². The first-order valence-corrected chi connectivity index (χ1v) is 5.89. The van der Waals surface area contributed by atoms with Crippen LogP contribution in [-0.2, 0) is 5.60 Å². The molecule has 0 amide bonds. The van der Waals surface area contributed by atoms with E-state index in [0.717, 1.165) is 0 Å². The first kappa shape index (κ1) is 12.7. The van der Waals surface area contributed by atoms with Crippen LogP contribution in [0.4, 0.5) is 4.39 Å². The minimum Gasteiger partial charge on any atom is -0.385 e. The fourth-order valence-electron chi connectivity index (χ4n) is 1.75. The zero-order chi connectivity index (χ0) is 11.6. The standard InChI is InChI=1S/C12H16BrFO/c1-4-12(15,8(2)3)9-6-5-7-10(13)11(9)14/h5-8,15H,4H2,1-3H3. The summed E-state index contributed by atoms with van der Waals surface area (Å²) in [6.07, 6.45) is 0.498. The molecule has 15 heavy (non-hydrogen) atoms. The van der Waals surface area contributed by atoms with Crippen molar-refractivity contribution >= 4 is 15.9 Å². The number of hydrogen-bond donors (Lipinski definition) is 1. The number of aliphatic hydroxyl groups is 1. The summed E-state index contributed by atoms with van der Waals surface area (Å²) in [6, 6.07) is 5.02. The van der Waals surface area contributed by atoms with Crippen LogP contribution in [0, 0.1) is 11.7 Å². The highest BCUT2D eigenvalue weighted by molar-refractivity contribution is 9.10. The molecule has 3 heteroatoms. The predicted octanol–water partition coefficient (Wildman–Crippen LogP) is 3.84. The molecule has 1 rings (SSSR count). The highest BCUT2D eigenvalue weighted by Gasteiger charge is 2.34. The fourth-order valence-corrected chi connectivity index (χ4v) is 2.11. The van der Waals surface area contributed by atoms with E-state index in [4.69, 9.17) is 0 Å². The average Bonchev–Trinajstić information content (AvgIpc) is 2.20. The van der Waals surface area contributed by atoms with Gasteiger partial charge in [-0.05, 0) is 34.3 Å². The van der Waals surface area contributed by atoms with Crippen molar-refractivity contribution in [1.82, 2.24) is 0 Å². The lowest BCUT2D eigenvalue weighted by Crippen LogP contribution is -2.32. The second-order valence-corrected chi connectivity index (χ2v) is 4.89. The molecule has 1 N–H and O–H groups in total. The topological polar surface area (TPSA) is 20.2 Å². The van der Waals surface area contributed by atoms with Gasteiger partial charge in [0.05, 0.1) is 10.1 Å². The van der Waals surface area contributed by atoms with E-state index in [1.54, 1.807) is 18.2 Å². The van der Waals surface area contributed by atoms with Crippen LogP contribution in [0.5, 0.6) is 0 Å². The molecule has 0 aliphatic carbocycles. The Kier molecular flexibility index (Phi) is 3.90. The lowest BCUT2D eigenvalue weighted by molar-refractivity contribution is -0.0172. The third-order valence-corrected chi connectivity index (χ3v) is 3.52. The van der Waals surface area contributed by atoms with Crippen LogP contribution in [0.1, 0.15) is 32.8 Å². The van der Waals surface area contributed by atoms with Gasteiger partial charge < -0.3 is 5.11 Å². The van der Waals surface area contributed by atoms with Crippen LogP contribution in [0.15, 0.2) is 22.7 Å². The lowest BCUT2D eigenvalue weighted by Gasteiger charge is -2.32. The molecule has 0 heterocycles. The largest absolute Gasteiger partial charge is 0.385 e. The normalized spacial score (nSPS) is 15.4. The summed E-state index contributed by atoms with van der Waals surface area (Å²) >= 11 is 3.13. The van der Waals surface area contributed by atoms with Gasteiger partial charge in [0.15, 0.2) is 0 Å². The molecule has 0 saturated heterocycles. The summed E-state index contributed by atoms with van der Waals surface area (Å²) in [6.45, 7) is 5.65. The summed E-state index contributed by atoms with van der Waals surface area (Å²) in [4.78, 5) is 0. The van der Waals surface area contributed by atoms with Gasteiger partial charge in [-0.15, -0.1) is 0 Å². The minimum absolute atomic E-state index is 0.0219. The average molecular weight is 275 g/mol. The molecule has 0 fully saturated rings. The Morgan fingerprint density at radius 3 is 2.53 bits per heavy atom. The second kappa shape index (κ2) is 4.62. The van der Waals surface area contributed by atoms with E-state index in [1.165, 1.54) is 0 Å². The Balaban J connectivity index is 3.30. The zero-order valence-electron chi connectivity index (χ0n) is 9.22. The van der Waals surface area contributed by atoms with Crippen molar-refractivity contribution in [2.24, 2.45) is 5.92 Å². The highest BCUT2D eigenvalue weighted by atomic mass is 79.9. The van der Waals surface area contributed by atoms with Gasteiger partial charge in [-0.25, -0.2) is 4.39 Å². The molecule has 1 atom stereocenters. The number of halogens is 2. The van der Waals surface area contributed by atoms with E-state index < -0.39 is 5.60 Å². The van der Waals surface area contributed by atoms with Crippen LogP contribution in [0.25, 0.3) is 0 Å². The van der Waals surface area contributed by atoms with Crippen molar-refractivity contribution in [2.75, 3.05) is 0 Å². The maximum atomic E-state index is 13.8. The predicted molar refractivity (Wildman–Crippen MR) is 63.1 cm³/mol. The molecule has 1 aromatic rings. The summed E-state index contributed by atoms with van der Waals surface area (Å²) < 4.78 is 14.2. The molecular weight excluding hydrogens is 259 g/mol. The van der Waals surface area contributed by atoms with Crippen LogP contribution in [0.3, 0.4) is 0 Å². The molecule has 1 nitrogen and oxygen atoms in total. The monoisotopic (exact) mass is 274 g/mol. The van der Waals surface area contributed by atoms with Crippen molar-refractivity contribution in [3.63, 3.8) is 0 Å². The van der Waals surface area contributed by atoms with Gasteiger partial charge >= 0.3 is 0 Å². The summed E-state index contributed by atoms with van der Waals surface area (Å²) in [5.41, 5.74) is -0.720. The van der Waals surface area contributed by atoms with Gasteiger partial charge in [0, 0.05) is 5.56 Å². The SMILES string of the molecule is CCC(O)(c1cccc(Br)c1F)C(C)C. The summed E-state index contributed by atoms with van der Waals surface area (Å²) in [7, 11) is 0. The Morgan fingerprint density at radius 2 is 2.07 bits per heavy atom. The zero-order valence-corrected chi connectivity index (χ0v) is 10.8. The third kappa shape index (κ3) is 2.23. The number of benzene rings is 1. The molecule has 84 valence electrons. The van der Waals surface area contributed by atoms with Crippen LogP contribution >= 0.6 is 15.9 Å². The Labute approximate surface area is 98.4 Å². The van der Waals surface area contributed by atoms with Gasteiger partial charge in [-0.3, -0.25) is 0 Å². The molecule has 0 radical (unpaired) electrons. The van der Waals surface area contributed by atoms with E-state index >= 15 is 0 Å². The quantitative estimate of drug-likeness (QED) is 0.888. The number of rotatable bonds is 3. The summed E-state index contributed by atoms with van der Waals surface area (Å²) in [5.74, 6) is -0.387. The van der Waals surface area contributed by atoms with Crippen LogP contribution in [0.2, 0.25) is 0 Å². The lowest BCUT2D eigenvalue weighted by atomic mass is 9.81. The Hall–Kier alpha value is -0.410. The van der Waals surface area contributed by atoms with Gasteiger partial charge in [-0.1, -0.05) is 32.9 Å². The Bertz CT molecular complexity index is 351. The van der Waals surface area contributed by atoms with Gasteiger partial charge in [-0.2, -0.15) is 0 Å². The van der Waals surface area contributed by atoms with Gasteiger partial charge in [0.25, 0.3) is 0 Å². The smallest absolute Gasteiger partial charge is 0.143 e. The highest BCUT2D eigenvalue weighted by Crippen LogP contribution is 2.36. The molecule has 1 unspecified atom stereocenters. The van der Waals surface area contributed by atoms with E-state index in [-0.39, 0.29) is 11.7 Å². The van der Waals surface area contributed by atoms with E-state index in [1.807, 2.05) is 20.8 Å². The minimum atomic E-state index is -1.09. The van der Waals surface area contributed by atoms with Crippen molar-refractivity contribution in [2.45, 2.75) is 32.8 Å². The van der Waals surface area contributed by atoms with Crippen molar-refractivity contribution in [3.8, 4) is 0 Å². The third-order valence-electron chi connectivity index (χ3n) is 2.91. The molecule has 0 aromatic heterocycles. The summed E-state index contributed by atoms with van der Waals surface area (Å²) in [5, 5.41) is 10.4. The van der Waals surface area contributed by atoms with Crippen molar-refractivity contribution in [1.29, 1.82) is 0 Å². The van der Waals surface area contributed by atoms with E-state index in [2.05, 4.69) is 15.9 Å². The molecule has 1 aromatic carbocycles. The molecule has 0 spiro atoms. The Morgan fingerprint density at radius 1 is 1.47 bits per heavy atom.